The summed E-state index contributed by atoms with van der Waals surface area (Å²) in [6.45, 7) is 4.95. The lowest BCUT2D eigenvalue weighted by atomic mass is 10.0. The monoisotopic (exact) mass is 1110 g/mol. The van der Waals surface area contributed by atoms with E-state index in [0.29, 0.717) is 19.4 Å². The Kier molecular flexibility index (Phi) is 67.9. The van der Waals surface area contributed by atoms with Crippen LogP contribution in [0.5, 0.6) is 0 Å². The molecule has 1 amide bonds. The van der Waals surface area contributed by atoms with Crippen LogP contribution >= 0.6 is 0 Å². The second kappa shape index (κ2) is 69.1. The van der Waals surface area contributed by atoms with Gasteiger partial charge in [-0.15, -0.1) is 0 Å². The van der Waals surface area contributed by atoms with Gasteiger partial charge in [0.05, 0.1) is 25.4 Å². The molecule has 0 aliphatic rings. The first-order valence-electron chi connectivity index (χ1n) is 36.5. The molecule has 2 unspecified atom stereocenters. The number of unbranched alkanes of at least 4 members (excludes halogenated alkanes) is 58. The molecule has 0 radical (unpaired) electrons. The van der Waals surface area contributed by atoms with Crippen LogP contribution in [0.3, 0.4) is 0 Å². The predicted molar refractivity (Wildman–Crippen MR) is 347 cm³/mol. The smallest absolute Gasteiger partial charge is 0.305 e. The second-order valence-electron chi connectivity index (χ2n) is 25.3. The van der Waals surface area contributed by atoms with Crippen LogP contribution in [-0.4, -0.2) is 47.4 Å². The molecule has 0 bridgehead atoms. The summed E-state index contributed by atoms with van der Waals surface area (Å²) in [5, 5.41) is 23.1. The van der Waals surface area contributed by atoms with Crippen LogP contribution in [0.1, 0.15) is 418 Å². The first-order valence-corrected chi connectivity index (χ1v) is 36.5. The summed E-state index contributed by atoms with van der Waals surface area (Å²) in [6.07, 6.45) is 86.0. The van der Waals surface area contributed by atoms with E-state index in [0.717, 1.165) is 38.5 Å². The van der Waals surface area contributed by atoms with Crippen molar-refractivity contribution in [3.05, 3.63) is 12.2 Å². The number of rotatable bonds is 69. The number of nitrogens with one attached hydrogen (secondary N) is 1. The van der Waals surface area contributed by atoms with Crippen molar-refractivity contribution in [1.29, 1.82) is 0 Å². The van der Waals surface area contributed by atoms with E-state index < -0.39 is 12.1 Å². The fourth-order valence-electron chi connectivity index (χ4n) is 11.8. The molecule has 0 aliphatic carbocycles. The molecular formula is C73H143NO5. The van der Waals surface area contributed by atoms with Gasteiger partial charge in [-0.3, -0.25) is 9.59 Å². The third-order valence-electron chi connectivity index (χ3n) is 17.3. The average Bonchev–Trinajstić information content (AvgIpc) is 3.45. The zero-order valence-electron chi connectivity index (χ0n) is 53.9. The third-order valence-corrected chi connectivity index (χ3v) is 17.3. The van der Waals surface area contributed by atoms with E-state index in [1.807, 2.05) is 6.08 Å². The van der Waals surface area contributed by atoms with Crippen LogP contribution < -0.4 is 5.32 Å². The van der Waals surface area contributed by atoms with Crippen LogP contribution in [0.25, 0.3) is 0 Å². The molecule has 79 heavy (non-hydrogen) atoms. The minimum Gasteiger partial charge on any atom is -0.466 e. The Morgan fingerprint density at radius 3 is 0.861 bits per heavy atom. The van der Waals surface area contributed by atoms with Crippen molar-refractivity contribution in [2.75, 3.05) is 13.2 Å². The first kappa shape index (κ1) is 77.6. The number of ether oxygens (including phenoxy) is 1. The van der Waals surface area contributed by atoms with Crippen LogP contribution in [0.15, 0.2) is 12.2 Å². The van der Waals surface area contributed by atoms with E-state index >= 15 is 0 Å². The molecule has 0 spiro atoms. The lowest BCUT2D eigenvalue weighted by molar-refractivity contribution is -0.143. The highest BCUT2D eigenvalue weighted by Crippen LogP contribution is 2.19. The molecule has 0 aromatic carbocycles. The number of hydrogen-bond donors (Lipinski definition) is 3. The normalized spacial score (nSPS) is 12.5. The highest BCUT2D eigenvalue weighted by molar-refractivity contribution is 5.76. The number of esters is 1. The maximum atomic E-state index is 12.5. The van der Waals surface area contributed by atoms with Gasteiger partial charge < -0.3 is 20.3 Å². The van der Waals surface area contributed by atoms with Gasteiger partial charge in [-0.1, -0.05) is 386 Å². The summed E-state index contributed by atoms with van der Waals surface area (Å²) in [7, 11) is 0. The van der Waals surface area contributed by atoms with Gasteiger partial charge in [0.15, 0.2) is 0 Å². The SMILES string of the molecule is CCCCCCCCCCCCCC/C=C/C(O)C(CO)NC(=O)CCCCCCCCCCCCCCCCCCCCCCCCCCCCCCCCCCOC(=O)CCCCCCCCCCCCCCCCCC. The lowest BCUT2D eigenvalue weighted by Crippen LogP contribution is -2.45. The Morgan fingerprint density at radius 2 is 0.582 bits per heavy atom. The van der Waals surface area contributed by atoms with E-state index in [1.165, 1.54) is 353 Å². The molecule has 6 heteroatoms. The van der Waals surface area contributed by atoms with E-state index in [4.69, 9.17) is 4.74 Å². The summed E-state index contributed by atoms with van der Waals surface area (Å²) in [5.41, 5.74) is 0. The van der Waals surface area contributed by atoms with Crippen molar-refractivity contribution < 1.29 is 24.5 Å². The number of aliphatic hydroxyl groups is 2. The van der Waals surface area contributed by atoms with E-state index in [9.17, 15) is 19.8 Å². The van der Waals surface area contributed by atoms with Crippen molar-refractivity contribution in [2.45, 2.75) is 431 Å². The van der Waals surface area contributed by atoms with Crippen LogP contribution in [-0.2, 0) is 14.3 Å². The Morgan fingerprint density at radius 1 is 0.342 bits per heavy atom. The van der Waals surface area contributed by atoms with Gasteiger partial charge in [0, 0.05) is 12.8 Å². The summed E-state index contributed by atoms with van der Waals surface area (Å²) in [6, 6.07) is -0.623. The van der Waals surface area contributed by atoms with Gasteiger partial charge in [-0.05, 0) is 32.1 Å². The average molecular weight is 1110 g/mol. The Labute approximate surface area is 495 Å². The zero-order chi connectivity index (χ0) is 57.1. The lowest BCUT2D eigenvalue weighted by Gasteiger charge is -2.20. The Hall–Kier alpha value is -1.40. The fourth-order valence-corrected chi connectivity index (χ4v) is 11.8. The largest absolute Gasteiger partial charge is 0.466 e. The molecule has 0 rings (SSSR count). The van der Waals surface area contributed by atoms with E-state index in [1.54, 1.807) is 6.08 Å². The number of allylic oxidation sites excluding steroid dienone is 1. The van der Waals surface area contributed by atoms with Crippen LogP contribution in [0.4, 0.5) is 0 Å². The molecule has 0 saturated heterocycles. The zero-order valence-corrected chi connectivity index (χ0v) is 53.9. The van der Waals surface area contributed by atoms with E-state index in [2.05, 4.69) is 19.2 Å². The van der Waals surface area contributed by atoms with Gasteiger partial charge in [0.2, 0.25) is 5.91 Å². The van der Waals surface area contributed by atoms with Gasteiger partial charge in [-0.25, -0.2) is 0 Å². The number of carbonyl (C=O) groups excluding carboxylic acids is 2. The molecule has 6 nitrogen and oxygen atoms in total. The Balaban J connectivity index is 3.31. The highest BCUT2D eigenvalue weighted by Gasteiger charge is 2.18. The van der Waals surface area contributed by atoms with Gasteiger partial charge in [0.25, 0.3) is 0 Å². The molecule has 0 aromatic rings. The second-order valence-corrected chi connectivity index (χ2v) is 25.3. The molecule has 2 atom stereocenters. The number of aliphatic hydroxyl groups excluding tert-OH is 2. The summed E-state index contributed by atoms with van der Waals surface area (Å²) in [4.78, 5) is 24.6. The molecular weight excluding hydrogens is 971 g/mol. The maximum Gasteiger partial charge on any atom is 0.305 e. The molecule has 470 valence electrons. The third kappa shape index (κ3) is 65.6. The van der Waals surface area contributed by atoms with Crippen LogP contribution in [0.2, 0.25) is 0 Å². The minimum absolute atomic E-state index is 0.0253. The summed E-state index contributed by atoms with van der Waals surface area (Å²) in [5.74, 6) is -0.0355. The van der Waals surface area contributed by atoms with Gasteiger partial charge >= 0.3 is 5.97 Å². The van der Waals surface area contributed by atoms with Crippen molar-refractivity contribution in [3.8, 4) is 0 Å². The predicted octanol–water partition coefficient (Wildman–Crippen LogP) is 23.5. The molecule has 0 fully saturated rings. The van der Waals surface area contributed by atoms with Crippen molar-refractivity contribution in [3.63, 3.8) is 0 Å². The van der Waals surface area contributed by atoms with Crippen LogP contribution in [0, 0.1) is 0 Å². The first-order chi connectivity index (χ1) is 39.0. The quantitative estimate of drug-likeness (QED) is 0.0320. The Bertz CT molecular complexity index is 1190. The van der Waals surface area contributed by atoms with Gasteiger partial charge in [-0.2, -0.15) is 0 Å². The summed E-state index contributed by atoms with van der Waals surface area (Å²) < 4.78 is 5.51. The summed E-state index contributed by atoms with van der Waals surface area (Å²) >= 11 is 0. The molecule has 0 heterocycles. The number of hydrogen-bond acceptors (Lipinski definition) is 5. The molecule has 0 aromatic heterocycles. The van der Waals surface area contributed by atoms with Crippen molar-refractivity contribution in [2.24, 2.45) is 0 Å². The molecule has 0 aliphatic heterocycles. The molecule has 3 N–H and O–H groups in total. The minimum atomic E-state index is -0.840. The van der Waals surface area contributed by atoms with Crippen molar-refractivity contribution in [1.82, 2.24) is 5.32 Å². The standard InChI is InChI=1S/C73H143NO5/c1-3-5-7-9-11-13-15-17-19-39-43-47-51-55-59-63-67-73(78)79-68-64-60-56-52-48-44-40-37-35-33-31-29-27-25-23-21-20-22-24-26-28-30-32-34-36-38-42-46-50-54-58-62-66-72(77)74-70(69-75)71(76)65-61-57-53-49-45-41-18-16-14-12-10-8-6-4-2/h61,65,70-71,75-76H,3-60,62-64,66-69H2,1-2H3,(H,74,77)/b65-61+. The van der Waals surface area contributed by atoms with E-state index in [-0.39, 0.29) is 18.5 Å². The van der Waals surface area contributed by atoms with Gasteiger partial charge in [0.1, 0.15) is 0 Å². The molecule has 0 saturated carbocycles. The topological polar surface area (TPSA) is 95.9 Å². The maximum absolute atomic E-state index is 12.5. The number of amides is 1. The van der Waals surface area contributed by atoms with Crippen molar-refractivity contribution >= 4 is 11.9 Å². The fraction of sp³-hybridized carbons (Fsp3) is 0.945. The number of carbonyl (C=O) groups is 2. The highest BCUT2D eigenvalue weighted by atomic mass is 16.5.